The molecule has 0 heterocycles. The Morgan fingerprint density at radius 2 is 2.06 bits per heavy atom. The third kappa shape index (κ3) is 4.49. The summed E-state index contributed by atoms with van der Waals surface area (Å²) in [4.78, 5) is 0. The van der Waals surface area contributed by atoms with Gasteiger partial charge in [0.2, 0.25) is 0 Å². The van der Waals surface area contributed by atoms with E-state index in [-0.39, 0.29) is 12.1 Å². The van der Waals surface area contributed by atoms with E-state index in [9.17, 15) is 0 Å². The molecule has 96 valence electrons. The summed E-state index contributed by atoms with van der Waals surface area (Å²) >= 11 is 0. The van der Waals surface area contributed by atoms with Crippen molar-refractivity contribution in [2.75, 3.05) is 6.61 Å². The quantitative estimate of drug-likeness (QED) is 0.733. The normalized spacial score (nSPS) is 14.6. The average Bonchev–Trinajstić information content (AvgIpc) is 2.34. The van der Waals surface area contributed by atoms with Crippen LogP contribution in [0.4, 0.5) is 0 Å². The minimum Gasteiger partial charge on any atom is -0.372 e. The van der Waals surface area contributed by atoms with Crippen LogP contribution in [0.2, 0.25) is 0 Å². The number of benzene rings is 1. The molecule has 17 heavy (non-hydrogen) atoms. The van der Waals surface area contributed by atoms with Crippen molar-refractivity contribution in [3.63, 3.8) is 0 Å². The van der Waals surface area contributed by atoms with Gasteiger partial charge in [-0.2, -0.15) is 0 Å². The number of unbranched alkanes of at least 4 members (excludes halogenated alkanes) is 1. The summed E-state index contributed by atoms with van der Waals surface area (Å²) in [5.74, 6) is 0. The molecule has 0 aliphatic heterocycles. The maximum atomic E-state index is 6.16. The largest absolute Gasteiger partial charge is 0.372 e. The van der Waals surface area contributed by atoms with Crippen molar-refractivity contribution in [3.05, 3.63) is 35.4 Å². The number of hydrogen-bond acceptors (Lipinski definition) is 2. The SMILES string of the molecule is CCCCOC(c1cccc(C)c1)C(N)CC. The second-order valence-corrected chi connectivity index (χ2v) is 4.63. The summed E-state index contributed by atoms with van der Waals surface area (Å²) in [5.41, 5.74) is 8.62. The number of aryl methyl sites for hydroxylation is 1. The molecular weight excluding hydrogens is 210 g/mol. The van der Waals surface area contributed by atoms with Gasteiger partial charge in [-0.3, -0.25) is 0 Å². The van der Waals surface area contributed by atoms with Gasteiger partial charge in [0.25, 0.3) is 0 Å². The monoisotopic (exact) mass is 235 g/mol. The van der Waals surface area contributed by atoms with Crippen LogP contribution < -0.4 is 5.73 Å². The molecule has 2 N–H and O–H groups in total. The maximum absolute atomic E-state index is 6.16. The lowest BCUT2D eigenvalue weighted by Gasteiger charge is -2.24. The Kier molecular flexibility index (Phi) is 6.23. The van der Waals surface area contributed by atoms with Gasteiger partial charge in [-0.25, -0.2) is 0 Å². The summed E-state index contributed by atoms with van der Waals surface area (Å²) in [6.45, 7) is 7.17. The number of nitrogens with two attached hydrogens (primary N) is 1. The Morgan fingerprint density at radius 3 is 2.65 bits per heavy atom. The summed E-state index contributed by atoms with van der Waals surface area (Å²) in [5, 5.41) is 0. The Labute approximate surface area is 105 Å². The average molecular weight is 235 g/mol. The minimum absolute atomic E-state index is 0.0337. The third-order valence-electron chi connectivity index (χ3n) is 3.03. The zero-order valence-corrected chi connectivity index (χ0v) is 11.3. The van der Waals surface area contributed by atoms with Gasteiger partial charge >= 0.3 is 0 Å². The first kappa shape index (κ1) is 14.2. The van der Waals surface area contributed by atoms with Crippen molar-refractivity contribution in [3.8, 4) is 0 Å². The van der Waals surface area contributed by atoms with E-state index in [2.05, 4.69) is 45.0 Å². The van der Waals surface area contributed by atoms with E-state index in [0.717, 1.165) is 25.9 Å². The molecule has 2 unspecified atom stereocenters. The predicted octanol–water partition coefficient (Wildman–Crippen LogP) is 3.59. The fourth-order valence-corrected chi connectivity index (χ4v) is 1.88. The van der Waals surface area contributed by atoms with Crippen LogP contribution in [0.25, 0.3) is 0 Å². The van der Waals surface area contributed by atoms with Crippen LogP contribution in [0.15, 0.2) is 24.3 Å². The Bertz CT molecular complexity index is 324. The zero-order chi connectivity index (χ0) is 12.7. The summed E-state index contributed by atoms with van der Waals surface area (Å²) < 4.78 is 5.95. The van der Waals surface area contributed by atoms with Gasteiger partial charge in [0.1, 0.15) is 0 Å². The van der Waals surface area contributed by atoms with E-state index >= 15 is 0 Å². The topological polar surface area (TPSA) is 35.2 Å². The van der Waals surface area contributed by atoms with Crippen LogP contribution in [0, 0.1) is 6.92 Å². The van der Waals surface area contributed by atoms with E-state index in [4.69, 9.17) is 10.5 Å². The molecule has 0 spiro atoms. The molecule has 1 rings (SSSR count). The minimum atomic E-state index is 0.0337. The van der Waals surface area contributed by atoms with E-state index in [1.807, 2.05) is 0 Å². The van der Waals surface area contributed by atoms with Crippen molar-refractivity contribution in [2.24, 2.45) is 5.73 Å². The van der Waals surface area contributed by atoms with Gasteiger partial charge in [-0.05, 0) is 25.3 Å². The van der Waals surface area contributed by atoms with Gasteiger partial charge in [0, 0.05) is 12.6 Å². The number of hydrogen-bond donors (Lipinski definition) is 1. The molecule has 0 saturated heterocycles. The smallest absolute Gasteiger partial charge is 0.0975 e. The standard InChI is InChI=1S/C15H25NO/c1-4-6-10-17-15(14(16)5-2)13-9-7-8-12(3)11-13/h7-9,11,14-15H,4-6,10,16H2,1-3H3. The molecule has 0 saturated carbocycles. The molecule has 0 aromatic heterocycles. The van der Waals surface area contributed by atoms with Crippen molar-refractivity contribution in [1.29, 1.82) is 0 Å². The first-order valence-corrected chi connectivity index (χ1v) is 6.62. The van der Waals surface area contributed by atoms with E-state index in [1.54, 1.807) is 0 Å². The highest BCUT2D eigenvalue weighted by molar-refractivity contribution is 5.25. The lowest BCUT2D eigenvalue weighted by atomic mass is 9.99. The highest BCUT2D eigenvalue weighted by Gasteiger charge is 2.18. The Balaban J connectivity index is 2.74. The fraction of sp³-hybridized carbons (Fsp3) is 0.600. The van der Waals surface area contributed by atoms with Crippen molar-refractivity contribution < 1.29 is 4.74 Å². The first-order chi connectivity index (χ1) is 8.19. The van der Waals surface area contributed by atoms with Gasteiger partial charge in [-0.15, -0.1) is 0 Å². The molecule has 2 nitrogen and oxygen atoms in total. The van der Waals surface area contributed by atoms with Crippen LogP contribution in [0.5, 0.6) is 0 Å². The Hall–Kier alpha value is -0.860. The zero-order valence-electron chi connectivity index (χ0n) is 11.3. The first-order valence-electron chi connectivity index (χ1n) is 6.62. The van der Waals surface area contributed by atoms with Gasteiger partial charge in [-0.1, -0.05) is 50.1 Å². The van der Waals surface area contributed by atoms with E-state index < -0.39 is 0 Å². The van der Waals surface area contributed by atoms with E-state index in [0.29, 0.717) is 0 Å². The highest BCUT2D eigenvalue weighted by Crippen LogP contribution is 2.23. The van der Waals surface area contributed by atoms with Crippen molar-refractivity contribution in [2.45, 2.75) is 52.2 Å². The molecule has 0 bridgehead atoms. The van der Waals surface area contributed by atoms with Gasteiger partial charge < -0.3 is 10.5 Å². The van der Waals surface area contributed by atoms with Crippen LogP contribution in [-0.4, -0.2) is 12.6 Å². The van der Waals surface area contributed by atoms with Gasteiger partial charge in [0.05, 0.1) is 6.10 Å². The molecule has 0 fully saturated rings. The second-order valence-electron chi connectivity index (χ2n) is 4.63. The lowest BCUT2D eigenvalue weighted by Crippen LogP contribution is -2.29. The number of rotatable bonds is 7. The lowest BCUT2D eigenvalue weighted by molar-refractivity contribution is 0.0318. The van der Waals surface area contributed by atoms with E-state index in [1.165, 1.54) is 11.1 Å². The molecular formula is C15H25NO. The molecule has 1 aromatic carbocycles. The summed E-state index contributed by atoms with van der Waals surface area (Å²) in [7, 11) is 0. The van der Waals surface area contributed by atoms with Crippen molar-refractivity contribution >= 4 is 0 Å². The highest BCUT2D eigenvalue weighted by atomic mass is 16.5. The van der Waals surface area contributed by atoms with Crippen LogP contribution in [-0.2, 0) is 4.74 Å². The predicted molar refractivity (Wildman–Crippen MR) is 73.0 cm³/mol. The fourth-order valence-electron chi connectivity index (χ4n) is 1.88. The molecule has 0 aliphatic carbocycles. The van der Waals surface area contributed by atoms with Crippen LogP contribution in [0.1, 0.15) is 50.3 Å². The molecule has 0 radical (unpaired) electrons. The second kappa shape index (κ2) is 7.46. The summed E-state index contributed by atoms with van der Waals surface area (Å²) in [6, 6.07) is 8.53. The molecule has 2 atom stereocenters. The molecule has 0 amide bonds. The van der Waals surface area contributed by atoms with Crippen molar-refractivity contribution in [1.82, 2.24) is 0 Å². The molecule has 1 aromatic rings. The van der Waals surface area contributed by atoms with Crippen LogP contribution in [0.3, 0.4) is 0 Å². The Morgan fingerprint density at radius 1 is 1.29 bits per heavy atom. The van der Waals surface area contributed by atoms with Crippen LogP contribution >= 0.6 is 0 Å². The maximum Gasteiger partial charge on any atom is 0.0975 e. The third-order valence-corrected chi connectivity index (χ3v) is 3.03. The van der Waals surface area contributed by atoms with Gasteiger partial charge in [0.15, 0.2) is 0 Å². The number of ether oxygens (including phenoxy) is 1. The molecule has 0 aliphatic rings. The summed E-state index contributed by atoms with van der Waals surface area (Å²) in [6.07, 6.45) is 3.22. The molecule has 2 heteroatoms.